The van der Waals surface area contributed by atoms with Gasteiger partial charge in [-0.15, -0.1) is 0 Å². The zero-order valence-electron chi connectivity index (χ0n) is 12.9. The Balaban J connectivity index is 2.05. The lowest BCUT2D eigenvalue weighted by Gasteiger charge is -2.21. The maximum atomic E-state index is 11.6. The van der Waals surface area contributed by atoms with Crippen molar-refractivity contribution in [3.63, 3.8) is 0 Å². The van der Waals surface area contributed by atoms with Crippen molar-refractivity contribution < 1.29 is 8.42 Å². The molecular weight excluding hydrogens is 310 g/mol. The van der Waals surface area contributed by atoms with Gasteiger partial charge in [-0.05, 0) is 38.6 Å². The smallest absolute Gasteiger partial charge is 0.150 e. The van der Waals surface area contributed by atoms with Gasteiger partial charge in [0.2, 0.25) is 0 Å². The first-order valence-corrected chi connectivity index (χ1v) is 9.64. The van der Waals surface area contributed by atoms with Crippen LogP contribution in [0.4, 0.5) is 0 Å². The molecule has 1 aliphatic rings. The normalized spacial score (nSPS) is 22.6. The molecule has 1 aromatic heterocycles. The monoisotopic (exact) mass is 333 g/mol. The summed E-state index contributed by atoms with van der Waals surface area (Å²) in [4.78, 5) is 0. The molecule has 0 aromatic carbocycles. The summed E-state index contributed by atoms with van der Waals surface area (Å²) in [6.07, 6.45) is 2.45. The quantitative estimate of drug-likeness (QED) is 0.861. The van der Waals surface area contributed by atoms with E-state index >= 15 is 0 Å². The Morgan fingerprint density at radius 3 is 2.71 bits per heavy atom. The fourth-order valence-electron chi connectivity index (χ4n) is 3.14. The number of likely N-dealkylation sites (N-methyl/N-ethyl adjacent to an activating group) is 1. The number of hydrogen-bond acceptors (Lipinski definition) is 4. The third-order valence-corrected chi connectivity index (χ3v) is 6.47. The first kappa shape index (κ1) is 16.8. The highest BCUT2D eigenvalue weighted by Gasteiger charge is 2.30. The van der Waals surface area contributed by atoms with E-state index in [0.717, 1.165) is 37.1 Å². The van der Waals surface area contributed by atoms with Crippen LogP contribution in [0.15, 0.2) is 0 Å². The Hall–Kier alpha value is -0.590. The molecule has 5 nitrogen and oxygen atoms in total. The van der Waals surface area contributed by atoms with Gasteiger partial charge in [-0.2, -0.15) is 5.10 Å². The highest BCUT2D eigenvalue weighted by molar-refractivity contribution is 7.91. The van der Waals surface area contributed by atoms with Crippen LogP contribution >= 0.6 is 11.6 Å². The van der Waals surface area contributed by atoms with Crippen molar-refractivity contribution >= 4 is 21.4 Å². The molecule has 0 spiro atoms. The molecular formula is C14H24ClN3O2S. The van der Waals surface area contributed by atoms with Gasteiger partial charge in [0.05, 0.1) is 17.2 Å². The standard InChI is InChI=1S/C14H24ClN3O2S/c1-4-16-12(7-11-5-6-21(19,20)9-11)8-13-10(2)17-18(3)14(13)15/h11-12,16H,4-9H2,1-3H3. The van der Waals surface area contributed by atoms with Gasteiger partial charge in [0.15, 0.2) is 9.84 Å². The summed E-state index contributed by atoms with van der Waals surface area (Å²) >= 11 is 6.30. The Morgan fingerprint density at radius 1 is 1.52 bits per heavy atom. The third-order valence-electron chi connectivity index (χ3n) is 4.16. The topological polar surface area (TPSA) is 64.0 Å². The van der Waals surface area contributed by atoms with Crippen LogP contribution in [-0.4, -0.2) is 42.3 Å². The maximum absolute atomic E-state index is 11.6. The molecule has 0 bridgehead atoms. The summed E-state index contributed by atoms with van der Waals surface area (Å²) in [7, 11) is -0.973. The second-order valence-corrected chi connectivity index (χ2v) is 8.53. The van der Waals surface area contributed by atoms with Gasteiger partial charge in [0, 0.05) is 18.7 Å². The van der Waals surface area contributed by atoms with Gasteiger partial charge in [0.25, 0.3) is 0 Å². The van der Waals surface area contributed by atoms with Crippen molar-refractivity contribution in [3.8, 4) is 0 Å². The number of sulfone groups is 1. The molecule has 0 amide bonds. The van der Waals surface area contributed by atoms with Crippen molar-refractivity contribution in [2.75, 3.05) is 18.1 Å². The number of halogens is 1. The molecule has 1 aliphatic heterocycles. The number of aryl methyl sites for hydroxylation is 2. The van der Waals surface area contributed by atoms with Crippen LogP contribution < -0.4 is 5.32 Å². The minimum atomic E-state index is -2.81. The second kappa shape index (κ2) is 6.67. The average molecular weight is 334 g/mol. The van der Waals surface area contributed by atoms with E-state index in [1.807, 2.05) is 14.0 Å². The van der Waals surface area contributed by atoms with Gasteiger partial charge in [-0.25, -0.2) is 8.42 Å². The van der Waals surface area contributed by atoms with Crippen molar-refractivity contribution in [2.24, 2.45) is 13.0 Å². The van der Waals surface area contributed by atoms with Crippen molar-refractivity contribution in [3.05, 3.63) is 16.4 Å². The van der Waals surface area contributed by atoms with Crippen LogP contribution in [-0.2, 0) is 23.3 Å². The van der Waals surface area contributed by atoms with E-state index in [9.17, 15) is 8.42 Å². The Morgan fingerprint density at radius 2 is 2.24 bits per heavy atom. The SMILES string of the molecule is CCNC(Cc1c(C)nn(C)c1Cl)CC1CCS(=O)(=O)C1. The van der Waals surface area contributed by atoms with E-state index in [2.05, 4.69) is 17.3 Å². The lowest BCUT2D eigenvalue weighted by Crippen LogP contribution is -2.33. The first-order valence-electron chi connectivity index (χ1n) is 7.44. The molecule has 7 heteroatoms. The van der Waals surface area contributed by atoms with E-state index in [-0.39, 0.29) is 12.0 Å². The molecule has 1 saturated heterocycles. The van der Waals surface area contributed by atoms with Crippen LogP contribution in [0.3, 0.4) is 0 Å². The van der Waals surface area contributed by atoms with Crippen molar-refractivity contribution in [2.45, 2.75) is 39.2 Å². The van der Waals surface area contributed by atoms with Gasteiger partial charge < -0.3 is 5.32 Å². The molecule has 2 unspecified atom stereocenters. The molecule has 1 N–H and O–H groups in total. The lowest BCUT2D eigenvalue weighted by atomic mass is 9.95. The fourth-order valence-corrected chi connectivity index (χ4v) is 5.27. The predicted octanol–water partition coefficient (Wildman–Crippen LogP) is 1.73. The highest BCUT2D eigenvalue weighted by atomic mass is 35.5. The third kappa shape index (κ3) is 4.20. The van der Waals surface area contributed by atoms with Crippen molar-refractivity contribution in [1.82, 2.24) is 15.1 Å². The molecule has 0 saturated carbocycles. The van der Waals surface area contributed by atoms with Crippen molar-refractivity contribution in [1.29, 1.82) is 0 Å². The lowest BCUT2D eigenvalue weighted by molar-refractivity contribution is 0.409. The van der Waals surface area contributed by atoms with Crippen LogP contribution in [0.25, 0.3) is 0 Å². The van der Waals surface area contributed by atoms with Crippen LogP contribution in [0.1, 0.15) is 31.0 Å². The van der Waals surface area contributed by atoms with Gasteiger partial charge in [0.1, 0.15) is 5.15 Å². The minimum Gasteiger partial charge on any atom is -0.314 e. The Labute approximate surface area is 132 Å². The van der Waals surface area contributed by atoms with Gasteiger partial charge in [-0.1, -0.05) is 18.5 Å². The molecule has 0 aliphatic carbocycles. The van der Waals surface area contributed by atoms with E-state index in [0.29, 0.717) is 16.7 Å². The summed E-state index contributed by atoms with van der Waals surface area (Å²) < 4.78 is 24.9. The Kier molecular flexibility index (Phi) is 5.33. The zero-order valence-corrected chi connectivity index (χ0v) is 14.5. The fraction of sp³-hybridized carbons (Fsp3) is 0.786. The minimum absolute atomic E-state index is 0.244. The number of rotatable bonds is 6. The number of hydrogen-bond donors (Lipinski definition) is 1. The summed E-state index contributed by atoms with van der Waals surface area (Å²) in [6, 6.07) is 0.244. The van der Waals surface area contributed by atoms with Gasteiger partial charge in [-0.3, -0.25) is 4.68 Å². The summed E-state index contributed by atoms with van der Waals surface area (Å²) in [5.41, 5.74) is 2.01. The van der Waals surface area contributed by atoms with Gasteiger partial charge >= 0.3 is 0 Å². The largest absolute Gasteiger partial charge is 0.314 e. The summed E-state index contributed by atoms with van der Waals surface area (Å²) in [6.45, 7) is 4.89. The number of nitrogens with zero attached hydrogens (tertiary/aromatic N) is 2. The molecule has 1 fully saturated rings. The van der Waals surface area contributed by atoms with E-state index < -0.39 is 9.84 Å². The van der Waals surface area contributed by atoms with E-state index in [4.69, 9.17) is 11.6 Å². The second-order valence-electron chi connectivity index (χ2n) is 5.94. The maximum Gasteiger partial charge on any atom is 0.150 e. The summed E-state index contributed by atoms with van der Waals surface area (Å²) in [5.74, 6) is 0.924. The highest BCUT2D eigenvalue weighted by Crippen LogP contribution is 2.26. The number of aromatic nitrogens is 2. The van der Waals surface area contributed by atoms with E-state index in [1.165, 1.54) is 0 Å². The van der Waals surface area contributed by atoms with Crippen LogP contribution in [0.5, 0.6) is 0 Å². The zero-order chi connectivity index (χ0) is 15.6. The Bertz CT molecular complexity index is 598. The molecule has 120 valence electrons. The molecule has 2 rings (SSSR count). The van der Waals surface area contributed by atoms with Crippen LogP contribution in [0.2, 0.25) is 5.15 Å². The molecule has 2 atom stereocenters. The van der Waals surface area contributed by atoms with Crippen LogP contribution in [0, 0.1) is 12.8 Å². The molecule has 1 aromatic rings. The van der Waals surface area contributed by atoms with E-state index in [1.54, 1.807) is 4.68 Å². The molecule has 2 heterocycles. The first-order chi connectivity index (χ1) is 9.82. The molecule has 21 heavy (non-hydrogen) atoms. The predicted molar refractivity (Wildman–Crippen MR) is 85.5 cm³/mol. The average Bonchev–Trinajstić information content (AvgIpc) is 2.84. The summed E-state index contributed by atoms with van der Waals surface area (Å²) in [5, 5.41) is 8.47. The number of nitrogens with one attached hydrogen (secondary N) is 1. The molecule has 0 radical (unpaired) electrons.